The summed E-state index contributed by atoms with van der Waals surface area (Å²) in [6, 6.07) is 2.90. The number of esters is 1. The molecule has 3 rings (SSSR count). The topological polar surface area (TPSA) is 69.7 Å². The molecule has 25 heavy (non-hydrogen) atoms. The standard InChI is InChI=1S/C17H19FN2O4S/c1-10-7-20-16(25-10)13-5-11(6-14(15(13)18)17(21)22-2)24-9-12-8-19-3-4-23-12/h5-7,12,19H,3-4,8-9H2,1-2H3/t12-/m1/s1. The molecule has 0 bridgehead atoms. The molecule has 1 fully saturated rings. The van der Waals surface area contributed by atoms with E-state index in [1.54, 1.807) is 12.3 Å². The third-order valence-electron chi connectivity index (χ3n) is 3.74. The van der Waals surface area contributed by atoms with Crippen LogP contribution < -0.4 is 10.1 Å². The van der Waals surface area contributed by atoms with E-state index in [9.17, 15) is 9.18 Å². The van der Waals surface area contributed by atoms with E-state index in [1.807, 2.05) is 6.92 Å². The minimum atomic E-state index is -0.756. The molecule has 2 heterocycles. The Morgan fingerprint density at radius 3 is 3.00 bits per heavy atom. The van der Waals surface area contributed by atoms with Gasteiger partial charge in [-0.15, -0.1) is 11.3 Å². The van der Waals surface area contributed by atoms with Gasteiger partial charge in [-0.3, -0.25) is 0 Å². The summed E-state index contributed by atoms with van der Waals surface area (Å²) in [5.41, 5.74) is 0.0456. The maximum Gasteiger partial charge on any atom is 0.341 e. The molecule has 0 saturated carbocycles. The number of methoxy groups -OCH3 is 1. The van der Waals surface area contributed by atoms with Crippen LogP contribution in [0.1, 0.15) is 15.2 Å². The average Bonchev–Trinajstić information content (AvgIpc) is 3.07. The van der Waals surface area contributed by atoms with Gasteiger partial charge in [0.15, 0.2) is 0 Å². The van der Waals surface area contributed by atoms with Crippen molar-refractivity contribution in [3.05, 3.63) is 34.6 Å². The number of halogens is 1. The van der Waals surface area contributed by atoms with Crippen LogP contribution in [0.4, 0.5) is 4.39 Å². The Hall–Kier alpha value is -2.03. The summed E-state index contributed by atoms with van der Waals surface area (Å²) < 4.78 is 30.8. The fourth-order valence-electron chi connectivity index (χ4n) is 2.49. The molecule has 0 radical (unpaired) electrons. The highest BCUT2D eigenvalue weighted by Crippen LogP contribution is 2.33. The van der Waals surface area contributed by atoms with Crippen molar-refractivity contribution in [3.63, 3.8) is 0 Å². The third kappa shape index (κ3) is 4.15. The average molecular weight is 366 g/mol. The van der Waals surface area contributed by atoms with Gasteiger partial charge in [0.1, 0.15) is 29.3 Å². The number of ether oxygens (including phenoxy) is 3. The lowest BCUT2D eigenvalue weighted by molar-refractivity contribution is 0.000170. The predicted octanol–water partition coefficient (Wildman–Crippen LogP) is 2.41. The van der Waals surface area contributed by atoms with Crippen LogP contribution in [0.25, 0.3) is 10.6 Å². The van der Waals surface area contributed by atoms with Gasteiger partial charge in [0.2, 0.25) is 0 Å². The zero-order valence-electron chi connectivity index (χ0n) is 14.0. The largest absolute Gasteiger partial charge is 0.491 e. The van der Waals surface area contributed by atoms with E-state index in [1.165, 1.54) is 24.5 Å². The Morgan fingerprint density at radius 2 is 2.36 bits per heavy atom. The van der Waals surface area contributed by atoms with E-state index in [0.717, 1.165) is 11.4 Å². The number of hydrogen-bond donors (Lipinski definition) is 1. The van der Waals surface area contributed by atoms with Crippen LogP contribution in [0.3, 0.4) is 0 Å². The molecule has 134 valence electrons. The maximum atomic E-state index is 14.8. The second-order valence-electron chi connectivity index (χ2n) is 5.61. The minimum absolute atomic E-state index is 0.0917. The van der Waals surface area contributed by atoms with Crippen LogP contribution in [0.2, 0.25) is 0 Å². The van der Waals surface area contributed by atoms with Gasteiger partial charge in [0, 0.05) is 24.2 Å². The lowest BCUT2D eigenvalue weighted by Gasteiger charge is -2.23. The van der Waals surface area contributed by atoms with Crippen molar-refractivity contribution >= 4 is 17.3 Å². The van der Waals surface area contributed by atoms with Gasteiger partial charge in [0.25, 0.3) is 0 Å². The zero-order chi connectivity index (χ0) is 17.8. The first-order chi connectivity index (χ1) is 12.1. The van der Waals surface area contributed by atoms with Gasteiger partial charge in [-0.2, -0.15) is 0 Å². The number of nitrogens with zero attached hydrogens (tertiary/aromatic N) is 1. The van der Waals surface area contributed by atoms with Gasteiger partial charge in [-0.1, -0.05) is 0 Å². The van der Waals surface area contributed by atoms with Gasteiger partial charge in [-0.05, 0) is 19.1 Å². The van der Waals surface area contributed by atoms with E-state index >= 15 is 0 Å². The highest BCUT2D eigenvalue weighted by atomic mass is 32.1. The number of carbonyl (C=O) groups excluding carboxylic acids is 1. The first kappa shape index (κ1) is 17.8. The van der Waals surface area contributed by atoms with Crippen LogP contribution in [-0.2, 0) is 9.47 Å². The van der Waals surface area contributed by atoms with Crippen molar-refractivity contribution < 1.29 is 23.4 Å². The smallest absolute Gasteiger partial charge is 0.341 e. The maximum absolute atomic E-state index is 14.8. The van der Waals surface area contributed by atoms with Crippen LogP contribution in [-0.4, -0.2) is 50.5 Å². The molecule has 0 unspecified atom stereocenters. The van der Waals surface area contributed by atoms with Gasteiger partial charge in [0.05, 0.1) is 24.8 Å². The molecule has 1 atom stereocenters. The fraction of sp³-hybridized carbons (Fsp3) is 0.412. The zero-order valence-corrected chi connectivity index (χ0v) is 14.8. The quantitative estimate of drug-likeness (QED) is 0.820. The number of thiazole rings is 1. The molecule has 1 saturated heterocycles. The second kappa shape index (κ2) is 7.90. The fourth-order valence-corrected chi connectivity index (χ4v) is 3.26. The van der Waals surface area contributed by atoms with Gasteiger partial charge in [-0.25, -0.2) is 14.2 Å². The first-order valence-corrected chi connectivity index (χ1v) is 8.70. The molecule has 1 aliphatic heterocycles. The highest BCUT2D eigenvalue weighted by molar-refractivity contribution is 7.14. The normalized spacial score (nSPS) is 17.3. The molecule has 0 spiro atoms. The molecule has 1 aromatic carbocycles. The van der Waals surface area contributed by atoms with Crippen LogP contribution in [0.5, 0.6) is 5.75 Å². The number of carbonyl (C=O) groups is 1. The Labute approximate surface area is 148 Å². The predicted molar refractivity (Wildman–Crippen MR) is 91.7 cm³/mol. The molecule has 8 heteroatoms. The van der Waals surface area contributed by atoms with Crippen molar-refractivity contribution in [3.8, 4) is 16.3 Å². The number of rotatable bonds is 5. The van der Waals surface area contributed by atoms with E-state index in [2.05, 4.69) is 15.0 Å². The Bertz CT molecular complexity index is 759. The highest BCUT2D eigenvalue weighted by Gasteiger charge is 2.22. The summed E-state index contributed by atoms with van der Waals surface area (Å²) in [5, 5.41) is 3.70. The van der Waals surface area contributed by atoms with Crippen molar-refractivity contribution in [1.82, 2.24) is 10.3 Å². The van der Waals surface area contributed by atoms with Gasteiger partial charge >= 0.3 is 5.97 Å². The van der Waals surface area contributed by atoms with Crippen molar-refractivity contribution in [2.45, 2.75) is 13.0 Å². The number of aromatic nitrogens is 1. The van der Waals surface area contributed by atoms with Gasteiger partial charge < -0.3 is 19.5 Å². The second-order valence-corrected chi connectivity index (χ2v) is 6.84. The van der Waals surface area contributed by atoms with Crippen molar-refractivity contribution in [2.24, 2.45) is 0 Å². The summed E-state index contributed by atoms with van der Waals surface area (Å²) in [4.78, 5) is 17.1. The third-order valence-corrected chi connectivity index (χ3v) is 4.69. The monoisotopic (exact) mass is 366 g/mol. The van der Waals surface area contributed by atoms with Crippen molar-refractivity contribution in [2.75, 3.05) is 33.4 Å². The molecule has 0 amide bonds. The summed E-state index contributed by atoms with van der Waals surface area (Å²) in [5.74, 6) is -1.05. The minimum Gasteiger partial charge on any atom is -0.491 e. The summed E-state index contributed by atoms with van der Waals surface area (Å²) in [7, 11) is 1.21. The number of nitrogens with one attached hydrogen (secondary N) is 1. The molecular formula is C17H19FN2O4S. The van der Waals surface area contributed by atoms with Crippen molar-refractivity contribution in [1.29, 1.82) is 0 Å². The lowest BCUT2D eigenvalue weighted by Crippen LogP contribution is -2.41. The lowest BCUT2D eigenvalue weighted by atomic mass is 10.1. The number of benzene rings is 1. The Kier molecular flexibility index (Phi) is 5.62. The number of aryl methyl sites for hydroxylation is 1. The molecule has 1 N–H and O–H groups in total. The molecule has 1 aliphatic rings. The van der Waals surface area contributed by atoms with E-state index in [4.69, 9.17) is 9.47 Å². The Morgan fingerprint density at radius 1 is 1.52 bits per heavy atom. The number of hydrogen-bond acceptors (Lipinski definition) is 7. The molecule has 1 aromatic heterocycles. The summed E-state index contributed by atoms with van der Waals surface area (Å²) in [6.45, 7) is 4.30. The molecular weight excluding hydrogens is 347 g/mol. The van der Waals surface area contributed by atoms with Crippen LogP contribution in [0.15, 0.2) is 18.3 Å². The van der Waals surface area contributed by atoms with Crippen LogP contribution in [0, 0.1) is 12.7 Å². The molecule has 0 aliphatic carbocycles. The first-order valence-electron chi connectivity index (χ1n) is 7.88. The van der Waals surface area contributed by atoms with E-state index in [-0.39, 0.29) is 17.2 Å². The Balaban J connectivity index is 1.90. The molecule has 6 nitrogen and oxygen atoms in total. The summed E-state index contributed by atoms with van der Waals surface area (Å²) >= 11 is 1.34. The molecule has 2 aromatic rings. The van der Waals surface area contributed by atoms with E-state index in [0.29, 0.717) is 30.5 Å². The van der Waals surface area contributed by atoms with E-state index < -0.39 is 11.8 Å². The number of morpholine rings is 1. The SMILES string of the molecule is COC(=O)c1cc(OC[C@H]2CNCCO2)cc(-c2ncc(C)s2)c1F. The summed E-state index contributed by atoms with van der Waals surface area (Å²) in [6.07, 6.45) is 1.57. The van der Waals surface area contributed by atoms with Crippen LogP contribution >= 0.6 is 11.3 Å².